The Morgan fingerprint density at radius 1 is 1.28 bits per heavy atom. The molecule has 18 heavy (non-hydrogen) atoms. The number of hydrogen-bond acceptors (Lipinski definition) is 3. The van der Waals surface area contributed by atoms with E-state index < -0.39 is 0 Å². The SMILES string of the molecule is CCN1CCN(C(C#N)c2cccc(C)c2)CC1. The molecule has 0 spiro atoms. The van der Waals surface area contributed by atoms with E-state index in [-0.39, 0.29) is 6.04 Å². The number of likely N-dealkylation sites (N-methyl/N-ethyl adjacent to an activating group) is 1. The lowest BCUT2D eigenvalue weighted by molar-refractivity contribution is 0.118. The van der Waals surface area contributed by atoms with E-state index in [0.29, 0.717) is 0 Å². The van der Waals surface area contributed by atoms with Crippen molar-refractivity contribution in [1.82, 2.24) is 9.80 Å². The van der Waals surface area contributed by atoms with Gasteiger partial charge >= 0.3 is 0 Å². The fraction of sp³-hybridized carbons (Fsp3) is 0.533. The lowest BCUT2D eigenvalue weighted by Gasteiger charge is -2.36. The maximum atomic E-state index is 9.44. The van der Waals surface area contributed by atoms with E-state index in [9.17, 15) is 5.26 Å². The molecule has 2 rings (SSSR count). The van der Waals surface area contributed by atoms with Gasteiger partial charge in [-0.2, -0.15) is 5.26 Å². The van der Waals surface area contributed by atoms with Crippen LogP contribution in [0.25, 0.3) is 0 Å². The summed E-state index contributed by atoms with van der Waals surface area (Å²) in [7, 11) is 0. The highest BCUT2D eigenvalue weighted by Crippen LogP contribution is 2.22. The van der Waals surface area contributed by atoms with Crippen LogP contribution in [0.3, 0.4) is 0 Å². The molecular weight excluding hydrogens is 222 g/mol. The molecule has 0 N–H and O–H groups in total. The number of nitrogens with zero attached hydrogens (tertiary/aromatic N) is 3. The van der Waals surface area contributed by atoms with Gasteiger partial charge < -0.3 is 4.90 Å². The first-order valence-electron chi connectivity index (χ1n) is 6.67. The van der Waals surface area contributed by atoms with Crippen molar-refractivity contribution in [1.29, 1.82) is 5.26 Å². The quantitative estimate of drug-likeness (QED) is 0.815. The molecule has 1 atom stereocenters. The van der Waals surface area contributed by atoms with Gasteiger partial charge in [0, 0.05) is 26.2 Å². The minimum Gasteiger partial charge on any atom is -0.301 e. The second kappa shape index (κ2) is 5.99. The molecule has 1 heterocycles. The van der Waals surface area contributed by atoms with Crippen LogP contribution in [-0.4, -0.2) is 42.5 Å². The Morgan fingerprint density at radius 3 is 2.56 bits per heavy atom. The maximum Gasteiger partial charge on any atom is 0.123 e. The average molecular weight is 243 g/mol. The van der Waals surface area contributed by atoms with Gasteiger partial charge in [0.05, 0.1) is 6.07 Å². The largest absolute Gasteiger partial charge is 0.301 e. The molecule has 0 saturated carbocycles. The van der Waals surface area contributed by atoms with Gasteiger partial charge in [0.15, 0.2) is 0 Å². The van der Waals surface area contributed by atoms with E-state index >= 15 is 0 Å². The summed E-state index contributed by atoms with van der Waals surface area (Å²) >= 11 is 0. The Hall–Kier alpha value is -1.37. The topological polar surface area (TPSA) is 30.3 Å². The smallest absolute Gasteiger partial charge is 0.123 e. The first-order valence-corrected chi connectivity index (χ1v) is 6.67. The van der Waals surface area contributed by atoms with Crippen LogP contribution in [0.1, 0.15) is 24.1 Å². The zero-order valence-corrected chi connectivity index (χ0v) is 11.3. The van der Waals surface area contributed by atoms with Gasteiger partial charge in [-0.3, -0.25) is 4.90 Å². The molecule has 0 bridgehead atoms. The molecule has 0 radical (unpaired) electrons. The van der Waals surface area contributed by atoms with Crippen LogP contribution in [0.15, 0.2) is 24.3 Å². The highest BCUT2D eigenvalue weighted by molar-refractivity contribution is 5.28. The lowest BCUT2D eigenvalue weighted by Crippen LogP contribution is -2.47. The molecule has 0 aliphatic carbocycles. The molecule has 1 aromatic carbocycles. The Labute approximate surface area is 110 Å². The van der Waals surface area contributed by atoms with Crippen LogP contribution in [0.5, 0.6) is 0 Å². The molecule has 96 valence electrons. The van der Waals surface area contributed by atoms with Crippen LogP contribution in [0.2, 0.25) is 0 Å². The fourth-order valence-corrected chi connectivity index (χ4v) is 2.54. The summed E-state index contributed by atoms with van der Waals surface area (Å²) in [6, 6.07) is 10.7. The normalized spacial score (nSPS) is 19.4. The number of nitriles is 1. The summed E-state index contributed by atoms with van der Waals surface area (Å²) in [5.74, 6) is 0. The molecule has 1 unspecified atom stereocenters. The number of aryl methyl sites for hydroxylation is 1. The monoisotopic (exact) mass is 243 g/mol. The Balaban J connectivity index is 2.09. The van der Waals surface area contributed by atoms with Crippen molar-refractivity contribution >= 4 is 0 Å². The third-order valence-corrected chi connectivity index (χ3v) is 3.70. The predicted molar refractivity (Wildman–Crippen MR) is 73.2 cm³/mol. The zero-order chi connectivity index (χ0) is 13.0. The number of rotatable bonds is 3. The third-order valence-electron chi connectivity index (χ3n) is 3.70. The van der Waals surface area contributed by atoms with Gasteiger partial charge in [0.1, 0.15) is 6.04 Å². The second-order valence-electron chi connectivity index (χ2n) is 4.92. The number of hydrogen-bond donors (Lipinski definition) is 0. The fourth-order valence-electron chi connectivity index (χ4n) is 2.54. The molecule has 1 aliphatic heterocycles. The Kier molecular flexibility index (Phi) is 4.35. The first kappa shape index (κ1) is 13.1. The summed E-state index contributed by atoms with van der Waals surface area (Å²) < 4.78 is 0. The molecule has 3 heteroatoms. The Bertz CT molecular complexity index is 428. The van der Waals surface area contributed by atoms with Gasteiger partial charge in [-0.05, 0) is 19.0 Å². The summed E-state index contributed by atoms with van der Waals surface area (Å²) in [6.07, 6.45) is 0. The van der Waals surface area contributed by atoms with E-state index in [1.54, 1.807) is 0 Å². The third kappa shape index (κ3) is 2.90. The number of piperazine rings is 1. The second-order valence-corrected chi connectivity index (χ2v) is 4.92. The number of benzene rings is 1. The van der Waals surface area contributed by atoms with Crippen molar-refractivity contribution in [3.05, 3.63) is 35.4 Å². The first-order chi connectivity index (χ1) is 8.74. The summed E-state index contributed by atoms with van der Waals surface area (Å²) in [4.78, 5) is 4.72. The van der Waals surface area contributed by atoms with Gasteiger partial charge in [-0.25, -0.2) is 0 Å². The van der Waals surface area contributed by atoms with E-state index in [1.165, 1.54) is 5.56 Å². The molecule has 0 amide bonds. The van der Waals surface area contributed by atoms with Crippen molar-refractivity contribution < 1.29 is 0 Å². The van der Waals surface area contributed by atoms with Crippen LogP contribution >= 0.6 is 0 Å². The molecule has 3 nitrogen and oxygen atoms in total. The summed E-state index contributed by atoms with van der Waals surface area (Å²) in [5.41, 5.74) is 2.35. The van der Waals surface area contributed by atoms with Crippen LogP contribution in [0.4, 0.5) is 0 Å². The van der Waals surface area contributed by atoms with Crippen molar-refractivity contribution in [3.8, 4) is 6.07 Å². The van der Waals surface area contributed by atoms with E-state index in [0.717, 1.165) is 38.3 Å². The minimum absolute atomic E-state index is 0.0936. The lowest BCUT2D eigenvalue weighted by atomic mass is 10.0. The van der Waals surface area contributed by atoms with E-state index in [2.05, 4.69) is 47.9 Å². The summed E-state index contributed by atoms with van der Waals surface area (Å²) in [5, 5.41) is 9.44. The molecule has 1 aromatic rings. The molecule has 1 saturated heterocycles. The Morgan fingerprint density at radius 2 is 2.00 bits per heavy atom. The van der Waals surface area contributed by atoms with Crippen LogP contribution in [0, 0.1) is 18.3 Å². The van der Waals surface area contributed by atoms with Crippen LogP contribution in [-0.2, 0) is 0 Å². The molecular formula is C15H21N3. The van der Waals surface area contributed by atoms with Crippen molar-refractivity contribution in [2.75, 3.05) is 32.7 Å². The van der Waals surface area contributed by atoms with Gasteiger partial charge in [0.2, 0.25) is 0 Å². The molecule has 1 aliphatic rings. The molecule has 0 aromatic heterocycles. The predicted octanol–water partition coefficient (Wildman–Crippen LogP) is 2.20. The van der Waals surface area contributed by atoms with Crippen molar-refractivity contribution in [2.24, 2.45) is 0 Å². The van der Waals surface area contributed by atoms with E-state index in [1.807, 2.05) is 6.07 Å². The van der Waals surface area contributed by atoms with Crippen molar-refractivity contribution in [2.45, 2.75) is 19.9 Å². The zero-order valence-electron chi connectivity index (χ0n) is 11.3. The maximum absolute atomic E-state index is 9.44. The van der Waals surface area contributed by atoms with Gasteiger partial charge in [-0.1, -0.05) is 36.8 Å². The highest BCUT2D eigenvalue weighted by atomic mass is 15.3. The van der Waals surface area contributed by atoms with Crippen LogP contribution < -0.4 is 0 Å². The van der Waals surface area contributed by atoms with E-state index in [4.69, 9.17) is 0 Å². The van der Waals surface area contributed by atoms with Gasteiger partial charge in [0.25, 0.3) is 0 Å². The highest BCUT2D eigenvalue weighted by Gasteiger charge is 2.24. The summed E-state index contributed by atoms with van der Waals surface area (Å²) in [6.45, 7) is 9.49. The van der Waals surface area contributed by atoms with Crippen molar-refractivity contribution in [3.63, 3.8) is 0 Å². The molecule has 1 fully saturated rings. The standard InChI is InChI=1S/C15H21N3/c1-3-17-7-9-18(10-8-17)15(12-16)14-6-4-5-13(2)11-14/h4-6,11,15H,3,7-10H2,1-2H3. The average Bonchev–Trinajstić information content (AvgIpc) is 2.40. The van der Waals surface area contributed by atoms with Gasteiger partial charge in [-0.15, -0.1) is 0 Å². The minimum atomic E-state index is -0.0936.